The third kappa shape index (κ3) is 2.72. The first-order valence-electron chi connectivity index (χ1n) is 6.56. The Bertz CT molecular complexity index is 402. The van der Waals surface area contributed by atoms with Gasteiger partial charge in [-0.2, -0.15) is 0 Å². The first-order valence-corrected chi connectivity index (χ1v) is 6.56. The number of nitrogens with zero attached hydrogens (tertiary/aromatic N) is 1. The predicted molar refractivity (Wildman–Crippen MR) is 68.2 cm³/mol. The molecular formula is C13H21N3O2. The Kier molecular flexibility index (Phi) is 4.01. The lowest BCUT2D eigenvalue weighted by molar-refractivity contribution is -0.124. The molecule has 5 nitrogen and oxygen atoms in total. The Morgan fingerprint density at radius 2 is 2.28 bits per heavy atom. The maximum atomic E-state index is 12.1. The summed E-state index contributed by atoms with van der Waals surface area (Å²) in [5.74, 6) is 0.846. The van der Waals surface area contributed by atoms with E-state index >= 15 is 0 Å². The van der Waals surface area contributed by atoms with Gasteiger partial charge >= 0.3 is 0 Å². The molecule has 1 amide bonds. The summed E-state index contributed by atoms with van der Waals surface area (Å²) in [7, 11) is 0. The van der Waals surface area contributed by atoms with Crippen molar-refractivity contribution in [1.82, 2.24) is 15.8 Å². The van der Waals surface area contributed by atoms with Crippen LogP contribution in [0.5, 0.6) is 0 Å². The van der Waals surface area contributed by atoms with Crippen LogP contribution in [0.4, 0.5) is 0 Å². The fraction of sp³-hybridized carbons (Fsp3) is 0.692. The summed E-state index contributed by atoms with van der Waals surface area (Å²) in [6, 6.07) is -0.117. The number of aryl methyl sites for hydroxylation is 2. The average molecular weight is 251 g/mol. The average Bonchev–Trinajstić information content (AvgIpc) is 2.70. The van der Waals surface area contributed by atoms with Gasteiger partial charge in [-0.3, -0.25) is 4.79 Å². The van der Waals surface area contributed by atoms with E-state index in [1.54, 1.807) is 0 Å². The summed E-state index contributed by atoms with van der Waals surface area (Å²) in [4.78, 5) is 12.1. The lowest BCUT2D eigenvalue weighted by Gasteiger charge is -2.24. The Labute approximate surface area is 107 Å². The number of aromatic nitrogens is 1. The first-order chi connectivity index (χ1) is 8.59. The minimum absolute atomic E-state index is 0.0540. The number of hydrogen-bond donors (Lipinski definition) is 2. The zero-order chi connectivity index (χ0) is 13.1. The number of hydrogen-bond acceptors (Lipinski definition) is 4. The van der Waals surface area contributed by atoms with Gasteiger partial charge in [0.2, 0.25) is 5.91 Å². The van der Waals surface area contributed by atoms with E-state index in [2.05, 4.69) is 15.8 Å². The van der Waals surface area contributed by atoms with E-state index < -0.39 is 0 Å². The molecule has 1 saturated heterocycles. The number of amides is 1. The van der Waals surface area contributed by atoms with Crippen molar-refractivity contribution in [1.29, 1.82) is 0 Å². The molecule has 1 aliphatic heterocycles. The molecule has 0 bridgehead atoms. The molecule has 2 rings (SSSR count). The van der Waals surface area contributed by atoms with E-state index in [0.29, 0.717) is 0 Å². The van der Waals surface area contributed by atoms with Crippen molar-refractivity contribution in [3.8, 4) is 0 Å². The molecule has 0 radical (unpaired) electrons. The third-order valence-electron chi connectivity index (χ3n) is 3.51. The Morgan fingerprint density at radius 1 is 1.50 bits per heavy atom. The molecule has 0 saturated carbocycles. The smallest absolute Gasteiger partial charge is 0.237 e. The maximum absolute atomic E-state index is 12.1. The summed E-state index contributed by atoms with van der Waals surface area (Å²) in [6.07, 6.45) is 3.19. The highest BCUT2D eigenvalue weighted by molar-refractivity contribution is 5.82. The topological polar surface area (TPSA) is 67.2 Å². The van der Waals surface area contributed by atoms with E-state index in [9.17, 15) is 4.79 Å². The highest BCUT2D eigenvalue weighted by Crippen LogP contribution is 2.21. The molecular weight excluding hydrogens is 230 g/mol. The van der Waals surface area contributed by atoms with Crippen LogP contribution in [0.1, 0.15) is 49.2 Å². The molecule has 2 atom stereocenters. The number of rotatable bonds is 3. The van der Waals surface area contributed by atoms with Gasteiger partial charge in [-0.25, -0.2) is 0 Å². The molecule has 1 fully saturated rings. The van der Waals surface area contributed by atoms with Crippen LogP contribution in [0.2, 0.25) is 0 Å². The largest absolute Gasteiger partial charge is 0.361 e. The van der Waals surface area contributed by atoms with E-state index in [-0.39, 0.29) is 18.0 Å². The monoisotopic (exact) mass is 251 g/mol. The molecule has 0 aromatic carbocycles. The molecule has 1 aromatic rings. The van der Waals surface area contributed by atoms with Gasteiger partial charge in [0.1, 0.15) is 5.76 Å². The molecule has 2 heterocycles. The zero-order valence-corrected chi connectivity index (χ0v) is 11.2. The second kappa shape index (κ2) is 5.52. The first kappa shape index (κ1) is 13.1. The number of carbonyl (C=O) groups excluding carboxylic acids is 1. The third-order valence-corrected chi connectivity index (χ3v) is 3.51. The highest BCUT2D eigenvalue weighted by Gasteiger charge is 2.24. The van der Waals surface area contributed by atoms with Crippen molar-refractivity contribution < 1.29 is 9.32 Å². The van der Waals surface area contributed by atoms with Crippen LogP contribution in [-0.2, 0) is 4.79 Å². The van der Waals surface area contributed by atoms with Crippen molar-refractivity contribution in [3.05, 3.63) is 17.0 Å². The van der Waals surface area contributed by atoms with Crippen LogP contribution >= 0.6 is 0 Å². The van der Waals surface area contributed by atoms with Gasteiger partial charge in [0.25, 0.3) is 0 Å². The minimum Gasteiger partial charge on any atom is -0.361 e. The van der Waals surface area contributed by atoms with Crippen molar-refractivity contribution in [2.24, 2.45) is 0 Å². The molecule has 1 aromatic heterocycles. The van der Waals surface area contributed by atoms with Crippen LogP contribution < -0.4 is 10.6 Å². The van der Waals surface area contributed by atoms with Gasteiger partial charge < -0.3 is 15.2 Å². The molecule has 1 aliphatic rings. The predicted octanol–water partition coefficient (Wildman–Crippen LogP) is 1.61. The lowest BCUT2D eigenvalue weighted by atomic mass is 10.0. The van der Waals surface area contributed by atoms with Crippen molar-refractivity contribution in [2.45, 2.75) is 52.1 Å². The second-order valence-corrected chi connectivity index (χ2v) is 4.97. The summed E-state index contributed by atoms with van der Waals surface area (Å²) in [5, 5.41) is 10.2. The van der Waals surface area contributed by atoms with Gasteiger partial charge in [0.05, 0.1) is 17.8 Å². The Balaban J connectivity index is 1.98. The molecule has 5 heteroatoms. The summed E-state index contributed by atoms with van der Waals surface area (Å²) in [6.45, 7) is 6.66. The van der Waals surface area contributed by atoms with Gasteiger partial charge in [-0.15, -0.1) is 0 Å². The molecule has 18 heavy (non-hydrogen) atoms. The Morgan fingerprint density at radius 3 is 2.83 bits per heavy atom. The molecule has 2 N–H and O–H groups in total. The van der Waals surface area contributed by atoms with E-state index in [4.69, 9.17) is 4.52 Å². The number of nitrogens with one attached hydrogen (secondary N) is 2. The molecule has 1 unspecified atom stereocenters. The Hall–Kier alpha value is -1.36. The fourth-order valence-corrected chi connectivity index (χ4v) is 2.57. The number of carbonyl (C=O) groups is 1. The van der Waals surface area contributed by atoms with Crippen molar-refractivity contribution in [3.63, 3.8) is 0 Å². The highest BCUT2D eigenvalue weighted by atomic mass is 16.5. The number of piperidine rings is 1. The van der Waals surface area contributed by atoms with Crippen LogP contribution in [0.25, 0.3) is 0 Å². The van der Waals surface area contributed by atoms with Crippen LogP contribution in [-0.4, -0.2) is 23.7 Å². The van der Waals surface area contributed by atoms with Gasteiger partial charge in [-0.1, -0.05) is 11.6 Å². The van der Waals surface area contributed by atoms with E-state index in [1.807, 2.05) is 20.8 Å². The van der Waals surface area contributed by atoms with E-state index in [1.165, 1.54) is 0 Å². The SMILES string of the molecule is Cc1noc(C)c1C(C)NC(=O)[C@H]1CCCCN1. The second-order valence-electron chi connectivity index (χ2n) is 4.97. The summed E-state index contributed by atoms with van der Waals surface area (Å²) < 4.78 is 5.13. The summed E-state index contributed by atoms with van der Waals surface area (Å²) >= 11 is 0. The maximum Gasteiger partial charge on any atom is 0.237 e. The molecule has 0 aliphatic carbocycles. The van der Waals surface area contributed by atoms with Crippen LogP contribution in [0.3, 0.4) is 0 Å². The molecule has 100 valence electrons. The van der Waals surface area contributed by atoms with Gasteiger partial charge in [0.15, 0.2) is 0 Å². The standard InChI is InChI=1S/C13H21N3O2/c1-8(12-9(2)16-18-10(12)3)15-13(17)11-6-4-5-7-14-11/h8,11,14H,4-7H2,1-3H3,(H,15,17)/t8?,11-/m1/s1. The zero-order valence-electron chi connectivity index (χ0n) is 11.2. The normalized spacial score (nSPS) is 21.6. The molecule has 0 spiro atoms. The van der Waals surface area contributed by atoms with Crippen molar-refractivity contribution >= 4 is 5.91 Å². The van der Waals surface area contributed by atoms with Crippen LogP contribution in [0.15, 0.2) is 4.52 Å². The van der Waals surface area contributed by atoms with E-state index in [0.717, 1.165) is 42.8 Å². The van der Waals surface area contributed by atoms with Gasteiger partial charge in [-0.05, 0) is 40.2 Å². The quantitative estimate of drug-likeness (QED) is 0.856. The lowest BCUT2D eigenvalue weighted by Crippen LogP contribution is -2.47. The van der Waals surface area contributed by atoms with Crippen molar-refractivity contribution in [2.75, 3.05) is 6.54 Å². The minimum atomic E-state index is -0.0625. The fourth-order valence-electron chi connectivity index (χ4n) is 2.57. The van der Waals surface area contributed by atoms with Crippen LogP contribution in [0, 0.1) is 13.8 Å². The van der Waals surface area contributed by atoms with Gasteiger partial charge in [0, 0.05) is 5.56 Å². The summed E-state index contributed by atoms with van der Waals surface area (Å²) in [5.41, 5.74) is 1.83.